The number of guanidine groups is 1. The SMILES string of the molecule is CCNC(=NCC1CC1c1ccccc1)N1CCC(OCC2CCCO2)CC1.I. The van der Waals surface area contributed by atoms with Crippen molar-refractivity contribution in [3.63, 3.8) is 0 Å². The van der Waals surface area contributed by atoms with Gasteiger partial charge in [0.05, 0.1) is 18.8 Å². The molecule has 6 heteroatoms. The number of nitrogens with zero attached hydrogens (tertiary/aromatic N) is 2. The largest absolute Gasteiger partial charge is 0.376 e. The first-order chi connectivity index (χ1) is 13.8. The summed E-state index contributed by atoms with van der Waals surface area (Å²) in [4.78, 5) is 7.39. The van der Waals surface area contributed by atoms with Crippen molar-refractivity contribution in [3.8, 4) is 0 Å². The maximum absolute atomic E-state index is 6.11. The summed E-state index contributed by atoms with van der Waals surface area (Å²) in [5.41, 5.74) is 1.47. The normalized spacial score (nSPS) is 27.6. The average Bonchev–Trinajstić information content (AvgIpc) is 3.33. The summed E-state index contributed by atoms with van der Waals surface area (Å²) in [5.74, 6) is 2.48. The van der Waals surface area contributed by atoms with Gasteiger partial charge in [0.2, 0.25) is 0 Å². The molecule has 4 rings (SSSR count). The lowest BCUT2D eigenvalue weighted by Gasteiger charge is -2.34. The van der Waals surface area contributed by atoms with E-state index in [2.05, 4.69) is 47.5 Å². The van der Waals surface area contributed by atoms with Crippen molar-refractivity contribution in [1.82, 2.24) is 10.2 Å². The zero-order valence-corrected chi connectivity index (χ0v) is 19.9. The van der Waals surface area contributed by atoms with Gasteiger partial charge in [-0.1, -0.05) is 30.3 Å². The van der Waals surface area contributed by atoms with Crippen LogP contribution in [0.15, 0.2) is 35.3 Å². The molecular formula is C23H36IN3O2. The third-order valence-electron chi connectivity index (χ3n) is 6.24. The molecule has 1 saturated carbocycles. The summed E-state index contributed by atoms with van der Waals surface area (Å²) >= 11 is 0. The fourth-order valence-corrected chi connectivity index (χ4v) is 4.44. The minimum absolute atomic E-state index is 0. The second-order valence-electron chi connectivity index (χ2n) is 8.36. The molecule has 0 amide bonds. The molecule has 3 atom stereocenters. The van der Waals surface area contributed by atoms with Crippen LogP contribution in [0.1, 0.15) is 50.5 Å². The molecule has 1 N–H and O–H groups in total. The molecule has 1 aromatic rings. The van der Waals surface area contributed by atoms with E-state index in [0.717, 1.165) is 64.6 Å². The Labute approximate surface area is 192 Å². The fraction of sp³-hybridized carbons (Fsp3) is 0.696. The minimum Gasteiger partial charge on any atom is -0.376 e. The fourth-order valence-electron chi connectivity index (χ4n) is 4.44. The van der Waals surface area contributed by atoms with E-state index in [1.165, 1.54) is 18.4 Å². The average molecular weight is 513 g/mol. The number of nitrogens with one attached hydrogen (secondary N) is 1. The van der Waals surface area contributed by atoms with E-state index in [1.807, 2.05) is 0 Å². The van der Waals surface area contributed by atoms with Crippen LogP contribution in [-0.4, -0.2) is 62.5 Å². The zero-order valence-electron chi connectivity index (χ0n) is 17.6. The van der Waals surface area contributed by atoms with E-state index in [4.69, 9.17) is 14.5 Å². The Kier molecular flexibility index (Phi) is 9.06. The molecule has 3 aliphatic rings. The number of hydrogen-bond donors (Lipinski definition) is 1. The maximum atomic E-state index is 6.11. The van der Waals surface area contributed by atoms with E-state index in [0.29, 0.717) is 24.0 Å². The van der Waals surface area contributed by atoms with Crippen molar-refractivity contribution in [3.05, 3.63) is 35.9 Å². The number of benzene rings is 1. The summed E-state index contributed by atoms with van der Waals surface area (Å²) in [5, 5.41) is 3.50. The maximum Gasteiger partial charge on any atom is 0.193 e. The number of halogens is 1. The van der Waals surface area contributed by atoms with Crippen molar-refractivity contribution < 1.29 is 9.47 Å². The highest BCUT2D eigenvalue weighted by Crippen LogP contribution is 2.47. The zero-order chi connectivity index (χ0) is 19.2. The number of rotatable bonds is 7. The van der Waals surface area contributed by atoms with Crippen LogP contribution >= 0.6 is 24.0 Å². The number of likely N-dealkylation sites (tertiary alicyclic amines) is 1. The summed E-state index contributed by atoms with van der Waals surface area (Å²) in [7, 11) is 0. The smallest absolute Gasteiger partial charge is 0.193 e. The third kappa shape index (κ3) is 6.56. The van der Waals surface area contributed by atoms with Crippen LogP contribution in [0.3, 0.4) is 0 Å². The van der Waals surface area contributed by atoms with Gasteiger partial charge in [0.25, 0.3) is 0 Å². The molecule has 2 heterocycles. The van der Waals surface area contributed by atoms with Crippen molar-refractivity contribution in [1.29, 1.82) is 0 Å². The summed E-state index contributed by atoms with van der Waals surface area (Å²) < 4.78 is 11.8. The van der Waals surface area contributed by atoms with Crippen molar-refractivity contribution in [2.75, 3.05) is 39.4 Å². The second-order valence-corrected chi connectivity index (χ2v) is 8.36. The van der Waals surface area contributed by atoms with Gasteiger partial charge in [0.15, 0.2) is 5.96 Å². The lowest BCUT2D eigenvalue weighted by atomic mass is 10.1. The van der Waals surface area contributed by atoms with Gasteiger partial charge in [-0.3, -0.25) is 4.99 Å². The molecule has 0 aromatic heterocycles. The first-order valence-corrected chi connectivity index (χ1v) is 11.1. The van der Waals surface area contributed by atoms with Gasteiger partial charge in [-0.2, -0.15) is 0 Å². The molecule has 0 spiro atoms. The highest BCUT2D eigenvalue weighted by Gasteiger charge is 2.38. The second kappa shape index (κ2) is 11.5. The summed E-state index contributed by atoms with van der Waals surface area (Å²) in [6, 6.07) is 10.9. The topological polar surface area (TPSA) is 46.1 Å². The van der Waals surface area contributed by atoms with Crippen LogP contribution in [0.25, 0.3) is 0 Å². The summed E-state index contributed by atoms with van der Waals surface area (Å²) in [6.07, 6.45) is 6.46. The van der Waals surface area contributed by atoms with Gasteiger partial charge in [-0.15, -0.1) is 24.0 Å². The molecule has 3 fully saturated rings. The van der Waals surface area contributed by atoms with Crippen LogP contribution in [-0.2, 0) is 9.47 Å². The monoisotopic (exact) mass is 513 g/mol. The van der Waals surface area contributed by atoms with Gasteiger partial charge >= 0.3 is 0 Å². The Morgan fingerprint density at radius 2 is 2.00 bits per heavy atom. The van der Waals surface area contributed by atoms with E-state index in [9.17, 15) is 0 Å². The van der Waals surface area contributed by atoms with Gasteiger partial charge in [0, 0.05) is 32.8 Å². The summed E-state index contributed by atoms with van der Waals surface area (Å²) in [6.45, 7) is 7.71. The van der Waals surface area contributed by atoms with Crippen molar-refractivity contribution >= 4 is 29.9 Å². The molecule has 1 aliphatic carbocycles. The predicted molar refractivity (Wildman–Crippen MR) is 128 cm³/mol. The standard InChI is InChI=1S/C23H35N3O2.HI/c1-2-24-23(25-16-19-15-22(19)18-7-4-3-5-8-18)26-12-10-20(11-13-26)28-17-21-9-6-14-27-21;/h3-5,7-8,19-22H,2,6,9-17H2,1H3,(H,24,25);1H. The third-order valence-corrected chi connectivity index (χ3v) is 6.24. The molecule has 0 bridgehead atoms. The molecule has 162 valence electrons. The van der Waals surface area contributed by atoms with Gasteiger partial charge in [0.1, 0.15) is 0 Å². The number of piperidine rings is 1. The Bertz CT molecular complexity index is 628. The molecule has 5 nitrogen and oxygen atoms in total. The predicted octanol–water partition coefficient (Wildman–Crippen LogP) is 4.03. The quantitative estimate of drug-likeness (QED) is 0.340. The van der Waals surface area contributed by atoms with Crippen LogP contribution in [0, 0.1) is 5.92 Å². The van der Waals surface area contributed by atoms with Crippen molar-refractivity contribution in [2.45, 2.75) is 57.2 Å². The number of hydrogen-bond acceptors (Lipinski definition) is 3. The first-order valence-electron chi connectivity index (χ1n) is 11.1. The molecule has 3 unspecified atom stereocenters. The van der Waals surface area contributed by atoms with Crippen LogP contribution < -0.4 is 5.32 Å². The van der Waals surface area contributed by atoms with Crippen molar-refractivity contribution in [2.24, 2.45) is 10.9 Å². The highest BCUT2D eigenvalue weighted by molar-refractivity contribution is 14.0. The Hall–Kier alpha value is -0.860. The Morgan fingerprint density at radius 3 is 2.69 bits per heavy atom. The lowest BCUT2D eigenvalue weighted by molar-refractivity contribution is -0.0367. The molecule has 29 heavy (non-hydrogen) atoms. The van der Waals surface area contributed by atoms with Gasteiger partial charge in [-0.05, 0) is 56.4 Å². The minimum atomic E-state index is 0. The number of aliphatic imine (C=N–C) groups is 1. The van der Waals surface area contributed by atoms with Crippen LogP contribution in [0.5, 0.6) is 0 Å². The molecule has 2 aliphatic heterocycles. The molecule has 0 radical (unpaired) electrons. The lowest BCUT2D eigenvalue weighted by Crippen LogP contribution is -2.47. The van der Waals surface area contributed by atoms with E-state index in [-0.39, 0.29) is 24.0 Å². The Morgan fingerprint density at radius 1 is 1.21 bits per heavy atom. The first kappa shape index (κ1) is 22.8. The molecular weight excluding hydrogens is 477 g/mol. The van der Waals surface area contributed by atoms with Gasteiger partial charge in [-0.25, -0.2) is 0 Å². The van der Waals surface area contributed by atoms with E-state index >= 15 is 0 Å². The molecule has 1 aromatic carbocycles. The highest BCUT2D eigenvalue weighted by atomic mass is 127. The van der Waals surface area contributed by atoms with E-state index < -0.39 is 0 Å². The van der Waals surface area contributed by atoms with E-state index in [1.54, 1.807) is 0 Å². The van der Waals surface area contributed by atoms with Crippen LogP contribution in [0.4, 0.5) is 0 Å². The van der Waals surface area contributed by atoms with Crippen LogP contribution in [0.2, 0.25) is 0 Å². The number of ether oxygens (including phenoxy) is 2. The Balaban J connectivity index is 0.00000240. The molecule has 2 saturated heterocycles. The van der Waals surface area contributed by atoms with Gasteiger partial charge < -0.3 is 19.7 Å².